The molecule has 0 radical (unpaired) electrons. The molecule has 4 amide bonds. The second-order valence-electron chi connectivity index (χ2n) is 14.7. The second-order valence-corrected chi connectivity index (χ2v) is 14.7. The number of ether oxygens (including phenoxy) is 4. The summed E-state index contributed by atoms with van der Waals surface area (Å²) >= 11 is 0. The summed E-state index contributed by atoms with van der Waals surface area (Å²) in [5.74, 6) is -6.61. The molecule has 26 heteroatoms. The van der Waals surface area contributed by atoms with E-state index >= 15 is 0 Å². The Morgan fingerprint density at radius 2 is 0.955 bits per heavy atom. The number of aliphatic imine (C=N–C) groups is 2. The maximum Gasteiger partial charge on any atom is 0.407 e. The molecule has 66 heavy (non-hydrogen) atoms. The summed E-state index contributed by atoms with van der Waals surface area (Å²) in [6, 6.07) is 8.79. The van der Waals surface area contributed by atoms with E-state index in [-0.39, 0.29) is 13.1 Å². The van der Waals surface area contributed by atoms with Gasteiger partial charge in [0.25, 0.3) is 0 Å². The number of carbonyl (C=O) groups excluding carboxylic acids is 4. The van der Waals surface area contributed by atoms with E-state index in [0.717, 1.165) is 37.1 Å². The average Bonchev–Trinajstić information content (AvgIpc) is 3.26. The molecule has 0 unspecified atom stereocenters. The van der Waals surface area contributed by atoms with E-state index in [2.05, 4.69) is 31.3 Å². The molecule has 0 spiro atoms. The fourth-order valence-electron chi connectivity index (χ4n) is 6.84. The lowest BCUT2D eigenvalue weighted by Crippen LogP contribution is -2.61. The molecule has 10 atom stereocenters. The van der Waals surface area contributed by atoms with Crippen molar-refractivity contribution in [3.63, 3.8) is 0 Å². The van der Waals surface area contributed by atoms with Gasteiger partial charge in [0, 0.05) is 26.9 Å². The summed E-state index contributed by atoms with van der Waals surface area (Å²) in [4.78, 5) is 81.9. The van der Waals surface area contributed by atoms with Crippen LogP contribution < -0.4 is 44.2 Å². The number of aliphatic hydroxyl groups is 4. The Kier molecular flexibility index (Phi) is 18.0. The lowest BCUT2D eigenvalue weighted by molar-refractivity contribution is -0.147. The molecular weight excluding hydrogens is 876 g/mol. The normalized spacial score (nSPS) is 21.7. The Morgan fingerprint density at radius 1 is 0.621 bits per heavy atom. The van der Waals surface area contributed by atoms with E-state index in [9.17, 15) is 59.4 Å². The van der Waals surface area contributed by atoms with Crippen LogP contribution in [0.1, 0.15) is 25.0 Å². The number of hydrogen-bond donors (Lipinski definition) is 14. The van der Waals surface area contributed by atoms with Crippen LogP contribution in [-0.2, 0) is 51.2 Å². The third-order valence-electron chi connectivity index (χ3n) is 9.75. The van der Waals surface area contributed by atoms with Gasteiger partial charge in [0.05, 0.1) is 37.4 Å². The van der Waals surface area contributed by atoms with Gasteiger partial charge >= 0.3 is 24.1 Å². The van der Waals surface area contributed by atoms with Gasteiger partial charge in [-0.1, -0.05) is 48.5 Å². The topological polar surface area (TPSA) is 438 Å². The van der Waals surface area contributed by atoms with E-state index < -0.39 is 133 Å². The van der Waals surface area contributed by atoms with Crippen molar-refractivity contribution in [2.24, 2.45) is 32.9 Å². The van der Waals surface area contributed by atoms with Gasteiger partial charge in [0.1, 0.15) is 12.2 Å². The molecule has 26 nitrogen and oxygen atoms in total. The standard InChI is InChI=1S/C40H52N10O16/c1-17(53)47-29-23(49-37(41)42)11-27(35(57)58)63-33(29)31(25(55)15-51)65-39(61)45-13-19-3-7-21(8-4-19)22-9-5-20(6-10-22)14-46-40(62)66-32(26(56)16-52)34-30(48-18(2)54)24(50-38(43)44)12-28(64-34)36(59)60/h3-12,23-26,29-34,51-52,55-56H,13-16H2,1-2H3,(H,45,61)(H,46,62)(H,47,53)(H,48,54)(H,57,58)(H,59,60)(H4,41,42,49)(H4,43,44,50)/t23-,24-,25+,26+,29+,30+,31+,32+,33+,34+/m0/s1. The Hall–Kier alpha value is -7.68. The van der Waals surface area contributed by atoms with Gasteiger partial charge in [0.15, 0.2) is 36.3 Å². The number of carboxylic acids is 2. The number of hydrogen-bond acceptors (Lipinski definition) is 16. The van der Waals surface area contributed by atoms with Crippen LogP contribution in [-0.4, -0.2) is 153 Å². The molecule has 0 bridgehead atoms. The molecule has 0 saturated heterocycles. The third kappa shape index (κ3) is 14.2. The van der Waals surface area contributed by atoms with E-state index in [0.29, 0.717) is 11.1 Å². The van der Waals surface area contributed by atoms with Gasteiger partial charge in [-0.05, 0) is 34.4 Å². The number of aliphatic hydroxyl groups excluding tert-OH is 4. The number of rotatable bonds is 19. The average molecular weight is 929 g/mol. The lowest BCUT2D eigenvalue weighted by Gasteiger charge is -2.39. The van der Waals surface area contributed by atoms with Crippen molar-refractivity contribution in [1.82, 2.24) is 21.3 Å². The fraction of sp³-hybridized carbons (Fsp3) is 0.400. The summed E-state index contributed by atoms with van der Waals surface area (Å²) in [6.45, 7) is 0.200. The molecule has 2 aliphatic rings. The zero-order chi connectivity index (χ0) is 48.8. The molecule has 0 aromatic heterocycles. The van der Waals surface area contributed by atoms with Crippen molar-refractivity contribution < 1.29 is 78.4 Å². The number of amides is 4. The number of carbonyl (C=O) groups is 6. The van der Waals surface area contributed by atoms with Crippen LogP contribution in [0.15, 0.2) is 82.2 Å². The Balaban J connectivity index is 1.39. The molecule has 0 saturated carbocycles. The molecular formula is C40H52N10O16. The van der Waals surface area contributed by atoms with Gasteiger partial charge in [-0.15, -0.1) is 0 Å². The van der Waals surface area contributed by atoms with Gasteiger partial charge in [0.2, 0.25) is 23.3 Å². The Labute approximate surface area is 375 Å². The van der Waals surface area contributed by atoms with Crippen LogP contribution in [0.3, 0.4) is 0 Å². The van der Waals surface area contributed by atoms with E-state index in [1.807, 2.05) is 0 Å². The zero-order valence-electron chi connectivity index (χ0n) is 35.3. The van der Waals surface area contributed by atoms with Crippen LogP contribution >= 0.6 is 0 Å². The SMILES string of the molecule is CC(=O)N[C@H]1[C@H]([C@H](OC(=O)NCc2ccc(-c3ccc(CNC(=O)O[C@@H]([C@@H]4OC(C(=O)O)=C[C@H](N=C(N)N)[C@H]4NC(C)=O)[C@H](O)CO)cc3)cc2)[C@H](O)CO)OC(C(=O)O)=C[C@@H]1N=C(N)N. The monoisotopic (exact) mass is 928 g/mol. The molecule has 2 heterocycles. The Bertz CT molecular complexity index is 2040. The van der Waals surface area contributed by atoms with Crippen LogP contribution in [0, 0.1) is 0 Å². The maximum absolute atomic E-state index is 13.0. The summed E-state index contributed by atoms with van der Waals surface area (Å²) in [7, 11) is 0. The molecule has 18 N–H and O–H groups in total. The summed E-state index contributed by atoms with van der Waals surface area (Å²) in [5, 5.41) is 70.2. The molecule has 358 valence electrons. The molecule has 0 aliphatic carbocycles. The minimum Gasteiger partial charge on any atom is -0.477 e. The minimum absolute atomic E-state index is 0.0927. The number of nitrogens with two attached hydrogens (primary N) is 4. The Morgan fingerprint density at radius 3 is 1.23 bits per heavy atom. The number of benzene rings is 2. The molecule has 0 fully saturated rings. The summed E-state index contributed by atoms with van der Waals surface area (Å²) in [5.41, 5.74) is 24.8. The largest absolute Gasteiger partial charge is 0.477 e. The predicted octanol–water partition coefficient (Wildman–Crippen LogP) is -3.72. The first-order valence-electron chi connectivity index (χ1n) is 19.8. The van der Waals surface area contributed by atoms with Crippen molar-refractivity contribution in [3.05, 3.63) is 83.3 Å². The van der Waals surface area contributed by atoms with Crippen molar-refractivity contribution in [2.45, 2.75) is 87.7 Å². The minimum atomic E-state index is -1.81. The van der Waals surface area contributed by atoms with E-state index in [1.54, 1.807) is 48.5 Å². The number of aliphatic carboxylic acids is 2. The highest BCUT2D eigenvalue weighted by Gasteiger charge is 2.48. The number of carboxylic acid groups (broad SMARTS) is 2. The van der Waals surface area contributed by atoms with Crippen molar-refractivity contribution in [2.75, 3.05) is 13.2 Å². The zero-order valence-corrected chi connectivity index (χ0v) is 35.3. The van der Waals surface area contributed by atoms with Crippen LogP contribution in [0.25, 0.3) is 11.1 Å². The predicted molar refractivity (Wildman–Crippen MR) is 228 cm³/mol. The van der Waals surface area contributed by atoms with Crippen LogP contribution in [0.2, 0.25) is 0 Å². The molecule has 4 rings (SSSR count). The molecule has 2 aliphatic heterocycles. The van der Waals surface area contributed by atoms with Gasteiger partial charge in [-0.25, -0.2) is 29.2 Å². The van der Waals surface area contributed by atoms with Crippen LogP contribution in [0.4, 0.5) is 9.59 Å². The molecule has 2 aromatic carbocycles. The maximum atomic E-state index is 13.0. The highest BCUT2D eigenvalue weighted by Crippen LogP contribution is 2.29. The third-order valence-corrected chi connectivity index (χ3v) is 9.75. The fourth-order valence-corrected chi connectivity index (χ4v) is 6.84. The highest BCUT2D eigenvalue weighted by atomic mass is 16.6. The smallest absolute Gasteiger partial charge is 0.407 e. The van der Waals surface area contributed by atoms with Crippen molar-refractivity contribution in [1.29, 1.82) is 0 Å². The van der Waals surface area contributed by atoms with Crippen LogP contribution in [0.5, 0.6) is 0 Å². The van der Waals surface area contributed by atoms with Gasteiger partial charge in [-0.3, -0.25) is 9.59 Å². The number of guanidine groups is 2. The number of nitrogens with zero attached hydrogens (tertiary/aromatic N) is 2. The summed E-state index contributed by atoms with van der Waals surface area (Å²) in [6.07, 6.45) is -10.4. The van der Waals surface area contributed by atoms with Crippen molar-refractivity contribution >= 4 is 47.9 Å². The first-order valence-corrected chi connectivity index (χ1v) is 19.8. The van der Waals surface area contributed by atoms with E-state index in [4.69, 9.17) is 41.9 Å². The second kappa shape index (κ2) is 23.3. The quantitative estimate of drug-likeness (QED) is 0.0476. The highest BCUT2D eigenvalue weighted by molar-refractivity contribution is 5.86. The number of alkyl carbamates (subject to hydrolysis) is 2. The first-order chi connectivity index (χ1) is 31.2. The van der Waals surface area contributed by atoms with E-state index in [1.165, 1.54) is 0 Å². The van der Waals surface area contributed by atoms with Gasteiger partial charge < -0.3 is 93.8 Å². The van der Waals surface area contributed by atoms with Gasteiger partial charge in [-0.2, -0.15) is 0 Å². The number of nitrogens with one attached hydrogen (secondary N) is 4. The summed E-state index contributed by atoms with van der Waals surface area (Å²) < 4.78 is 21.9. The lowest BCUT2D eigenvalue weighted by atomic mass is 9.92. The van der Waals surface area contributed by atoms with Crippen molar-refractivity contribution in [3.8, 4) is 11.1 Å². The first kappa shape index (κ1) is 51.0. The molecule has 2 aromatic rings.